The Morgan fingerprint density at radius 2 is 2.00 bits per heavy atom. The van der Waals surface area contributed by atoms with Crippen molar-refractivity contribution in [2.24, 2.45) is 0 Å². The molecule has 0 radical (unpaired) electrons. The van der Waals surface area contributed by atoms with Crippen LogP contribution in [0.3, 0.4) is 0 Å². The number of anilines is 1. The van der Waals surface area contributed by atoms with Gasteiger partial charge in [-0.1, -0.05) is 0 Å². The van der Waals surface area contributed by atoms with Crippen LogP contribution in [0, 0.1) is 10.1 Å². The molecule has 0 aliphatic rings. The number of nitrogens with one attached hydrogen (secondary N) is 1. The summed E-state index contributed by atoms with van der Waals surface area (Å²) in [5.41, 5.74) is 1.62. The zero-order valence-corrected chi connectivity index (χ0v) is 11.5. The van der Waals surface area contributed by atoms with Gasteiger partial charge < -0.3 is 9.88 Å². The molecule has 19 heavy (non-hydrogen) atoms. The van der Waals surface area contributed by atoms with E-state index >= 15 is 0 Å². The van der Waals surface area contributed by atoms with Gasteiger partial charge in [-0.2, -0.15) is 0 Å². The molecule has 102 valence electrons. The van der Waals surface area contributed by atoms with Gasteiger partial charge in [-0.05, 0) is 33.8 Å². The van der Waals surface area contributed by atoms with Gasteiger partial charge in [0.05, 0.1) is 16.0 Å². The van der Waals surface area contributed by atoms with Crippen molar-refractivity contribution in [1.82, 2.24) is 9.55 Å². The summed E-state index contributed by atoms with van der Waals surface area (Å²) < 4.78 is 2.05. The molecule has 6 nitrogen and oxygen atoms in total. The molecule has 0 amide bonds. The monoisotopic (exact) mass is 262 g/mol. The van der Waals surface area contributed by atoms with Crippen LogP contribution < -0.4 is 5.32 Å². The summed E-state index contributed by atoms with van der Waals surface area (Å²) in [6, 6.07) is 5.27. The maximum absolute atomic E-state index is 10.8. The van der Waals surface area contributed by atoms with Gasteiger partial charge in [0.2, 0.25) is 5.95 Å². The smallest absolute Gasteiger partial charge is 0.271 e. The number of nitro benzene ring substituents is 1. The number of fused-ring (bicyclic) bond motifs is 1. The van der Waals surface area contributed by atoms with Gasteiger partial charge in [0.15, 0.2) is 0 Å². The van der Waals surface area contributed by atoms with E-state index in [1.165, 1.54) is 12.1 Å². The molecule has 0 spiro atoms. The lowest BCUT2D eigenvalue weighted by molar-refractivity contribution is -0.384. The first-order valence-electron chi connectivity index (χ1n) is 6.33. The lowest BCUT2D eigenvalue weighted by Gasteiger charge is -2.15. The van der Waals surface area contributed by atoms with E-state index in [2.05, 4.69) is 28.7 Å². The highest BCUT2D eigenvalue weighted by Crippen LogP contribution is 2.27. The van der Waals surface area contributed by atoms with Crippen LogP contribution in [0.15, 0.2) is 18.2 Å². The van der Waals surface area contributed by atoms with Crippen LogP contribution in [0.5, 0.6) is 0 Å². The van der Waals surface area contributed by atoms with E-state index in [9.17, 15) is 10.1 Å². The number of aromatic nitrogens is 2. The lowest BCUT2D eigenvalue weighted by atomic mass is 10.2. The van der Waals surface area contributed by atoms with Crippen LogP contribution >= 0.6 is 0 Å². The number of non-ortho nitro benzene ring substituents is 1. The zero-order valence-electron chi connectivity index (χ0n) is 11.5. The van der Waals surface area contributed by atoms with Crippen molar-refractivity contribution >= 4 is 22.7 Å². The van der Waals surface area contributed by atoms with E-state index in [1.807, 2.05) is 13.8 Å². The molecule has 0 saturated carbocycles. The molecule has 2 rings (SSSR count). The number of nitrogens with zero attached hydrogens (tertiary/aromatic N) is 3. The van der Waals surface area contributed by atoms with Gasteiger partial charge in [0.1, 0.15) is 0 Å². The van der Waals surface area contributed by atoms with E-state index < -0.39 is 4.92 Å². The average Bonchev–Trinajstić information content (AvgIpc) is 2.64. The first-order chi connectivity index (χ1) is 8.90. The Balaban J connectivity index is 2.62. The van der Waals surface area contributed by atoms with E-state index in [4.69, 9.17) is 0 Å². The van der Waals surface area contributed by atoms with Crippen molar-refractivity contribution in [3.8, 4) is 0 Å². The summed E-state index contributed by atoms with van der Waals surface area (Å²) in [5, 5.41) is 14.1. The van der Waals surface area contributed by atoms with Gasteiger partial charge in [0, 0.05) is 24.2 Å². The minimum Gasteiger partial charge on any atom is -0.353 e. The summed E-state index contributed by atoms with van der Waals surface area (Å²) >= 11 is 0. The van der Waals surface area contributed by atoms with Crippen molar-refractivity contribution in [3.63, 3.8) is 0 Å². The fourth-order valence-electron chi connectivity index (χ4n) is 2.08. The Hall–Kier alpha value is -2.11. The molecular formula is C13H18N4O2. The Bertz CT molecular complexity index is 616. The van der Waals surface area contributed by atoms with E-state index in [-0.39, 0.29) is 17.8 Å². The van der Waals surface area contributed by atoms with Crippen LogP contribution in [-0.4, -0.2) is 20.5 Å². The standard InChI is InChI=1S/C13H18N4O2/c1-8(2)14-13-15-11-7-10(17(18)19)5-6-12(11)16(13)9(3)4/h5-9H,1-4H3,(H,14,15). The fourth-order valence-corrected chi connectivity index (χ4v) is 2.08. The second kappa shape index (κ2) is 4.87. The average molecular weight is 262 g/mol. The quantitative estimate of drug-likeness (QED) is 0.677. The van der Waals surface area contributed by atoms with Gasteiger partial charge in [-0.3, -0.25) is 10.1 Å². The highest BCUT2D eigenvalue weighted by molar-refractivity contribution is 5.81. The molecule has 0 saturated heterocycles. The van der Waals surface area contributed by atoms with Crippen LogP contribution in [-0.2, 0) is 0 Å². The van der Waals surface area contributed by atoms with E-state index in [1.54, 1.807) is 6.07 Å². The molecule has 1 aromatic heterocycles. The summed E-state index contributed by atoms with van der Waals surface area (Å²) in [6.07, 6.45) is 0. The molecule has 0 fully saturated rings. The summed E-state index contributed by atoms with van der Waals surface area (Å²) in [6.45, 7) is 8.20. The lowest BCUT2D eigenvalue weighted by Crippen LogP contribution is -2.15. The number of hydrogen-bond donors (Lipinski definition) is 1. The molecule has 0 bridgehead atoms. The molecule has 2 aromatic rings. The van der Waals surface area contributed by atoms with Crippen LogP contribution in [0.2, 0.25) is 0 Å². The molecule has 6 heteroatoms. The number of rotatable bonds is 4. The Kier molecular flexibility index (Phi) is 3.42. The zero-order chi connectivity index (χ0) is 14.2. The number of imidazole rings is 1. The minimum absolute atomic E-state index is 0.0667. The first-order valence-corrected chi connectivity index (χ1v) is 6.33. The highest BCUT2D eigenvalue weighted by Gasteiger charge is 2.16. The molecule has 1 N–H and O–H groups in total. The van der Waals surface area contributed by atoms with Crippen molar-refractivity contribution in [2.75, 3.05) is 5.32 Å². The van der Waals surface area contributed by atoms with Crippen LogP contribution in [0.4, 0.5) is 11.6 Å². The van der Waals surface area contributed by atoms with Gasteiger partial charge in [0.25, 0.3) is 5.69 Å². The second-order valence-electron chi connectivity index (χ2n) is 5.13. The molecule has 0 atom stereocenters. The Morgan fingerprint density at radius 3 is 2.53 bits per heavy atom. The second-order valence-corrected chi connectivity index (χ2v) is 5.13. The highest BCUT2D eigenvalue weighted by atomic mass is 16.6. The van der Waals surface area contributed by atoms with Gasteiger partial charge in [-0.25, -0.2) is 4.98 Å². The fraction of sp³-hybridized carbons (Fsp3) is 0.462. The molecule has 0 aliphatic carbocycles. The molecule has 1 heterocycles. The first kappa shape index (κ1) is 13.3. The molecule has 0 unspecified atom stereocenters. The molecule has 0 aliphatic heterocycles. The Labute approximate surface area is 111 Å². The topological polar surface area (TPSA) is 73.0 Å². The van der Waals surface area contributed by atoms with Gasteiger partial charge >= 0.3 is 0 Å². The third-order valence-electron chi connectivity index (χ3n) is 2.82. The summed E-state index contributed by atoms with van der Waals surface area (Å²) in [4.78, 5) is 14.9. The van der Waals surface area contributed by atoms with Crippen molar-refractivity contribution in [1.29, 1.82) is 0 Å². The SMILES string of the molecule is CC(C)Nc1nc2cc([N+](=O)[O-])ccc2n1C(C)C. The number of hydrogen-bond acceptors (Lipinski definition) is 4. The minimum atomic E-state index is -0.399. The third kappa shape index (κ3) is 2.52. The predicted octanol–water partition coefficient (Wildman–Crippen LogP) is 3.35. The van der Waals surface area contributed by atoms with Crippen molar-refractivity contribution in [2.45, 2.75) is 39.8 Å². The summed E-state index contributed by atoms with van der Waals surface area (Å²) in [7, 11) is 0. The predicted molar refractivity (Wildman–Crippen MR) is 75.5 cm³/mol. The largest absolute Gasteiger partial charge is 0.353 e. The maximum atomic E-state index is 10.8. The maximum Gasteiger partial charge on any atom is 0.271 e. The van der Waals surface area contributed by atoms with Crippen LogP contribution in [0.25, 0.3) is 11.0 Å². The van der Waals surface area contributed by atoms with E-state index in [0.717, 1.165) is 11.5 Å². The number of benzene rings is 1. The van der Waals surface area contributed by atoms with Crippen molar-refractivity contribution in [3.05, 3.63) is 28.3 Å². The van der Waals surface area contributed by atoms with Gasteiger partial charge in [-0.15, -0.1) is 0 Å². The summed E-state index contributed by atoms with van der Waals surface area (Å²) in [5.74, 6) is 0.750. The number of nitro groups is 1. The molecular weight excluding hydrogens is 244 g/mol. The normalized spacial score (nSPS) is 11.5. The van der Waals surface area contributed by atoms with E-state index in [0.29, 0.717) is 5.52 Å². The molecule has 1 aromatic carbocycles. The van der Waals surface area contributed by atoms with Crippen LogP contribution in [0.1, 0.15) is 33.7 Å². The third-order valence-corrected chi connectivity index (χ3v) is 2.82. The Morgan fingerprint density at radius 1 is 1.32 bits per heavy atom. The van der Waals surface area contributed by atoms with Crippen molar-refractivity contribution < 1.29 is 4.92 Å².